The molecular formula is C13H23N3. The summed E-state index contributed by atoms with van der Waals surface area (Å²) in [5.41, 5.74) is 1.25. The Hall–Kier alpha value is -0.960. The second-order valence-corrected chi connectivity index (χ2v) is 4.43. The van der Waals surface area contributed by atoms with Gasteiger partial charge in [-0.15, -0.1) is 0 Å². The average Bonchev–Trinajstić information content (AvgIpc) is 2.35. The van der Waals surface area contributed by atoms with Crippen LogP contribution in [0.1, 0.15) is 51.6 Å². The van der Waals surface area contributed by atoms with Gasteiger partial charge in [-0.05, 0) is 36.9 Å². The summed E-state index contributed by atoms with van der Waals surface area (Å²) in [6, 6.07) is 2.48. The number of hydrogen-bond acceptors (Lipinski definition) is 3. The lowest BCUT2D eigenvalue weighted by Gasteiger charge is -2.21. The first-order valence-corrected chi connectivity index (χ1v) is 6.27. The predicted molar refractivity (Wildman–Crippen MR) is 67.1 cm³/mol. The molecule has 0 aliphatic heterocycles. The fraction of sp³-hybridized carbons (Fsp3) is 0.692. The van der Waals surface area contributed by atoms with Gasteiger partial charge < -0.3 is 5.32 Å². The van der Waals surface area contributed by atoms with E-state index in [1.165, 1.54) is 18.4 Å². The molecule has 0 saturated carbocycles. The third-order valence-corrected chi connectivity index (χ3v) is 2.99. The van der Waals surface area contributed by atoms with Crippen LogP contribution in [0.4, 0.5) is 0 Å². The molecule has 0 amide bonds. The van der Waals surface area contributed by atoms with Crippen molar-refractivity contribution in [3.8, 4) is 0 Å². The van der Waals surface area contributed by atoms with Crippen LogP contribution < -0.4 is 5.32 Å². The topological polar surface area (TPSA) is 37.8 Å². The monoisotopic (exact) mass is 221 g/mol. The van der Waals surface area contributed by atoms with E-state index in [0.29, 0.717) is 6.04 Å². The SMILES string of the molecule is CCCNC(CC(C)CC)c1ccnnc1. The van der Waals surface area contributed by atoms with Gasteiger partial charge in [0.15, 0.2) is 0 Å². The van der Waals surface area contributed by atoms with Crippen molar-refractivity contribution < 1.29 is 0 Å². The third-order valence-electron chi connectivity index (χ3n) is 2.99. The standard InChI is InChI=1S/C13H23N3/c1-4-7-14-13(9-11(3)5-2)12-6-8-15-16-10-12/h6,8,10-11,13-14H,4-5,7,9H2,1-3H3. The molecule has 0 aliphatic rings. The molecule has 0 radical (unpaired) electrons. The quantitative estimate of drug-likeness (QED) is 0.769. The van der Waals surface area contributed by atoms with Crippen LogP contribution in [0.15, 0.2) is 18.5 Å². The van der Waals surface area contributed by atoms with Crippen molar-refractivity contribution in [2.24, 2.45) is 5.92 Å². The summed E-state index contributed by atoms with van der Waals surface area (Å²) in [5.74, 6) is 0.738. The van der Waals surface area contributed by atoms with Gasteiger partial charge in [-0.25, -0.2) is 0 Å². The maximum absolute atomic E-state index is 3.96. The minimum Gasteiger partial charge on any atom is -0.310 e. The second kappa shape index (κ2) is 7.34. The Labute approximate surface area is 98.7 Å². The summed E-state index contributed by atoms with van der Waals surface area (Å²) >= 11 is 0. The third kappa shape index (κ3) is 4.27. The van der Waals surface area contributed by atoms with E-state index in [0.717, 1.165) is 18.9 Å². The van der Waals surface area contributed by atoms with Crippen LogP contribution in [0, 0.1) is 5.92 Å². The molecule has 90 valence electrons. The highest BCUT2D eigenvalue weighted by molar-refractivity contribution is 5.11. The van der Waals surface area contributed by atoms with Crippen LogP contribution >= 0.6 is 0 Å². The van der Waals surface area contributed by atoms with E-state index in [4.69, 9.17) is 0 Å². The molecule has 0 fully saturated rings. The van der Waals surface area contributed by atoms with Gasteiger partial charge in [0.1, 0.15) is 0 Å². The lowest BCUT2D eigenvalue weighted by atomic mass is 9.95. The molecule has 0 aliphatic carbocycles. The van der Waals surface area contributed by atoms with Crippen molar-refractivity contribution in [1.29, 1.82) is 0 Å². The van der Waals surface area contributed by atoms with Crippen LogP contribution in [0.5, 0.6) is 0 Å². The van der Waals surface area contributed by atoms with Gasteiger partial charge in [-0.1, -0.05) is 27.2 Å². The van der Waals surface area contributed by atoms with Gasteiger partial charge in [-0.2, -0.15) is 10.2 Å². The lowest BCUT2D eigenvalue weighted by molar-refractivity contribution is 0.401. The molecule has 1 rings (SSSR count). The van der Waals surface area contributed by atoms with Crippen LogP contribution in [-0.2, 0) is 0 Å². The number of hydrogen-bond donors (Lipinski definition) is 1. The summed E-state index contributed by atoms with van der Waals surface area (Å²) in [4.78, 5) is 0. The smallest absolute Gasteiger partial charge is 0.0544 e. The van der Waals surface area contributed by atoms with E-state index in [-0.39, 0.29) is 0 Å². The number of nitrogens with zero attached hydrogens (tertiary/aromatic N) is 2. The Morgan fingerprint density at radius 2 is 2.12 bits per heavy atom. The molecule has 0 spiro atoms. The molecule has 1 heterocycles. The molecule has 1 aromatic heterocycles. The normalized spacial score (nSPS) is 14.7. The molecule has 2 atom stereocenters. The number of nitrogens with one attached hydrogen (secondary N) is 1. The van der Waals surface area contributed by atoms with Crippen molar-refractivity contribution in [2.75, 3.05) is 6.54 Å². The van der Waals surface area contributed by atoms with E-state index in [9.17, 15) is 0 Å². The zero-order valence-electron chi connectivity index (χ0n) is 10.6. The van der Waals surface area contributed by atoms with Gasteiger partial charge in [0.05, 0.1) is 6.20 Å². The Balaban J connectivity index is 2.63. The highest BCUT2D eigenvalue weighted by Crippen LogP contribution is 2.21. The van der Waals surface area contributed by atoms with Crippen molar-refractivity contribution in [3.63, 3.8) is 0 Å². The van der Waals surface area contributed by atoms with Gasteiger partial charge in [0.2, 0.25) is 0 Å². The number of aromatic nitrogens is 2. The zero-order valence-corrected chi connectivity index (χ0v) is 10.6. The minimum atomic E-state index is 0.422. The molecule has 3 heteroatoms. The molecule has 16 heavy (non-hydrogen) atoms. The van der Waals surface area contributed by atoms with Gasteiger partial charge in [-0.3, -0.25) is 0 Å². The van der Waals surface area contributed by atoms with Crippen molar-refractivity contribution in [1.82, 2.24) is 15.5 Å². The second-order valence-electron chi connectivity index (χ2n) is 4.43. The van der Waals surface area contributed by atoms with Crippen LogP contribution in [0.3, 0.4) is 0 Å². The summed E-state index contributed by atoms with van der Waals surface area (Å²) in [5, 5.41) is 11.4. The molecule has 1 aromatic rings. The molecular weight excluding hydrogens is 198 g/mol. The van der Waals surface area contributed by atoms with Gasteiger partial charge in [0, 0.05) is 12.2 Å². The maximum atomic E-state index is 3.96. The Morgan fingerprint density at radius 1 is 1.31 bits per heavy atom. The Morgan fingerprint density at radius 3 is 2.69 bits per heavy atom. The first kappa shape index (κ1) is 13.1. The summed E-state index contributed by atoms with van der Waals surface area (Å²) in [7, 11) is 0. The molecule has 3 nitrogen and oxygen atoms in total. The molecule has 0 bridgehead atoms. The molecule has 0 aromatic carbocycles. The first-order valence-electron chi connectivity index (χ1n) is 6.27. The van der Waals surface area contributed by atoms with Gasteiger partial charge in [0.25, 0.3) is 0 Å². The van der Waals surface area contributed by atoms with E-state index < -0.39 is 0 Å². The van der Waals surface area contributed by atoms with E-state index >= 15 is 0 Å². The average molecular weight is 221 g/mol. The zero-order chi connectivity index (χ0) is 11.8. The van der Waals surface area contributed by atoms with Crippen LogP contribution in [0.2, 0.25) is 0 Å². The van der Waals surface area contributed by atoms with Crippen molar-refractivity contribution in [3.05, 3.63) is 24.0 Å². The summed E-state index contributed by atoms with van der Waals surface area (Å²) in [6.45, 7) is 7.79. The number of rotatable bonds is 7. The Bertz CT molecular complexity index is 274. The summed E-state index contributed by atoms with van der Waals surface area (Å²) in [6.07, 6.45) is 7.20. The van der Waals surface area contributed by atoms with Gasteiger partial charge >= 0.3 is 0 Å². The van der Waals surface area contributed by atoms with Crippen molar-refractivity contribution in [2.45, 2.75) is 46.1 Å². The van der Waals surface area contributed by atoms with E-state index in [2.05, 4.69) is 42.4 Å². The maximum Gasteiger partial charge on any atom is 0.0544 e. The fourth-order valence-corrected chi connectivity index (χ4v) is 1.73. The lowest BCUT2D eigenvalue weighted by Crippen LogP contribution is -2.24. The summed E-state index contributed by atoms with van der Waals surface area (Å²) < 4.78 is 0. The van der Waals surface area contributed by atoms with E-state index in [1.54, 1.807) is 6.20 Å². The van der Waals surface area contributed by atoms with Crippen molar-refractivity contribution >= 4 is 0 Å². The van der Waals surface area contributed by atoms with Crippen LogP contribution in [0.25, 0.3) is 0 Å². The predicted octanol–water partition coefficient (Wildman–Crippen LogP) is 2.95. The first-order chi connectivity index (χ1) is 7.77. The fourth-order valence-electron chi connectivity index (χ4n) is 1.73. The molecule has 2 unspecified atom stereocenters. The Kier molecular flexibility index (Phi) is 6.01. The van der Waals surface area contributed by atoms with E-state index in [1.807, 2.05) is 6.20 Å². The van der Waals surface area contributed by atoms with Crippen LogP contribution in [-0.4, -0.2) is 16.7 Å². The largest absolute Gasteiger partial charge is 0.310 e. The molecule has 0 saturated heterocycles. The highest BCUT2D eigenvalue weighted by atomic mass is 15.1. The molecule has 1 N–H and O–H groups in total. The highest BCUT2D eigenvalue weighted by Gasteiger charge is 2.13. The minimum absolute atomic E-state index is 0.422.